The largest absolute Gasteiger partial charge is 0.505 e. The number of carbonyl (C=O) groups is 2. The number of hydrogen-bond donors (Lipinski definition) is 3. The number of rotatable bonds is 9. The third kappa shape index (κ3) is 10.5. The fourth-order valence-corrected chi connectivity index (χ4v) is 5.22. The smallest absolute Gasteiger partial charge is 0.306 e. The number of aromatic nitrogens is 6. The van der Waals surface area contributed by atoms with Crippen LogP contribution in [0.5, 0.6) is 11.5 Å². The van der Waals surface area contributed by atoms with Crippen molar-refractivity contribution in [3.05, 3.63) is 95.1 Å². The second-order valence-electron chi connectivity index (χ2n) is 12.9. The summed E-state index contributed by atoms with van der Waals surface area (Å²) in [7, 11) is 0. The molecule has 6 aromatic rings. The lowest BCUT2D eigenvalue weighted by atomic mass is 10.1. The van der Waals surface area contributed by atoms with Crippen LogP contribution in [0.2, 0.25) is 0 Å². The molecule has 2 heterocycles. The first kappa shape index (κ1) is 38.3. The van der Waals surface area contributed by atoms with E-state index in [0.717, 1.165) is 33.2 Å². The van der Waals surface area contributed by atoms with Crippen LogP contribution in [0.1, 0.15) is 62.8 Å². The van der Waals surface area contributed by atoms with Crippen molar-refractivity contribution in [2.24, 2.45) is 11.8 Å². The number of ether oxygens (including phenoxy) is 1. The molecule has 51 heavy (non-hydrogen) atoms. The Bertz CT molecular complexity index is 2060. The molecule has 0 bridgehead atoms. The van der Waals surface area contributed by atoms with Crippen LogP contribution in [0.25, 0.3) is 33.4 Å². The lowest BCUT2D eigenvalue weighted by Crippen LogP contribution is -2.09. The van der Waals surface area contributed by atoms with Gasteiger partial charge in [-0.25, -0.2) is 0 Å². The van der Waals surface area contributed by atoms with E-state index in [4.69, 9.17) is 21.4 Å². The number of esters is 1. The molecule has 3 N–H and O–H groups in total. The first-order valence-corrected chi connectivity index (χ1v) is 17.0. The molecule has 0 aliphatic rings. The number of nitrogens with zero attached hydrogens (tertiary/aromatic N) is 6. The van der Waals surface area contributed by atoms with E-state index < -0.39 is 5.97 Å². The van der Waals surface area contributed by atoms with Gasteiger partial charge in [-0.05, 0) is 79.3 Å². The molecule has 13 heteroatoms. The molecular formula is C38H43ClN6O6. The minimum Gasteiger partial charge on any atom is -0.505 e. The van der Waals surface area contributed by atoms with Crippen molar-refractivity contribution >= 4 is 45.6 Å². The van der Waals surface area contributed by atoms with E-state index >= 15 is 0 Å². The Morgan fingerprint density at radius 2 is 1.08 bits per heavy atom. The monoisotopic (exact) mass is 714 g/mol. The first-order valence-electron chi connectivity index (χ1n) is 16.5. The number of carboxylic acids is 1. The number of benzene rings is 4. The molecule has 0 unspecified atom stereocenters. The molecular weight excluding hydrogens is 672 g/mol. The Morgan fingerprint density at radius 3 is 1.43 bits per heavy atom. The normalized spacial score (nSPS) is 10.9. The SMILES string of the molecule is CC(C)CC(=O)O.Cc1cc(CCl)c(O)c(-n2nc3ccccc3n2)c1.Cc1cc(COC(=O)CC(C)C)c(O)c(-n2nc3ccccc3n2)c1. The van der Waals surface area contributed by atoms with Gasteiger partial charge in [0.1, 0.15) is 51.5 Å². The van der Waals surface area contributed by atoms with E-state index in [1.807, 2.05) is 102 Å². The highest BCUT2D eigenvalue weighted by molar-refractivity contribution is 6.17. The summed E-state index contributed by atoms with van der Waals surface area (Å²) < 4.78 is 5.28. The average molecular weight is 715 g/mol. The second-order valence-corrected chi connectivity index (χ2v) is 13.2. The number of alkyl halides is 1. The van der Waals surface area contributed by atoms with E-state index in [1.165, 1.54) is 9.59 Å². The molecule has 0 spiro atoms. The first-order chi connectivity index (χ1) is 24.2. The van der Waals surface area contributed by atoms with Gasteiger partial charge >= 0.3 is 11.9 Å². The summed E-state index contributed by atoms with van der Waals surface area (Å²) in [5, 5.41) is 46.4. The summed E-state index contributed by atoms with van der Waals surface area (Å²) >= 11 is 5.83. The Balaban J connectivity index is 0.000000198. The molecule has 268 valence electrons. The fourth-order valence-electron chi connectivity index (χ4n) is 5.02. The number of hydrogen-bond acceptors (Lipinski definition) is 9. The van der Waals surface area contributed by atoms with Crippen molar-refractivity contribution < 1.29 is 29.6 Å². The van der Waals surface area contributed by atoms with Gasteiger partial charge in [0, 0.05) is 24.0 Å². The van der Waals surface area contributed by atoms with Crippen molar-refractivity contribution in [1.82, 2.24) is 30.0 Å². The van der Waals surface area contributed by atoms with Crippen molar-refractivity contribution in [2.75, 3.05) is 0 Å². The average Bonchev–Trinajstić information content (AvgIpc) is 3.70. The second kappa shape index (κ2) is 17.4. The highest BCUT2D eigenvalue weighted by atomic mass is 35.5. The van der Waals surface area contributed by atoms with E-state index in [0.29, 0.717) is 28.9 Å². The van der Waals surface area contributed by atoms with Crippen molar-refractivity contribution in [2.45, 2.75) is 66.9 Å². The van der Waals surface area contributed by atoms with Crippen LogP contribution in [0.3, 0.4) is 0 Å². The molecule has 0 aliphatic heterocycles. The lowest BCUT2D eigenvalue weighted by Gasteiger charge is -2.12. The molecule has 0 atom stereocenters. The maximum atomic E-state index is 11.8. The van der Waals surface area contributed by atoms with E-state index in [1.54, 1.807) is 12.1 Å². The Hall–Kier alpha value is -5.49. The van der Waals surface area contributed by atoms with Crippen LogP contribution < -0.4 is 0 Å². The predicted molar refractivity (Wildman–Crippen MR) is 196 cm³/mol. The van der Waals surface area contributed by atoms with Crippen molar-refractivity contribution in [3.8, 4) is 22.9 Å². The molecule has 6 rings (SSSR count). The molecule has 0 fully saturated rings. The molecule has 0 saturated heterocycles. The number of halogens is 1. The van der Waals surface area contributed by atoms with Gasteiger partial charge in [0.15, 0.2) is 0 Å². The summed E-state index contributed by atoms with van der Waals surface area (Å²) in [4.78, 5) is 24.4. The van der Waals surface area contributed by atoms with Gasteiger partial charge in [-0.3, -0.25) is 9.59 Å². The van der Waals surface area contributed by atoms with Crippen LogP contribution in [0, 0.1) is 25.7 Å². The topological polar surface area (TPSA) is 165 Å². The van der Waals surface area contributed by atoms with Gasteiger partial charge in [0.2, 0.25) is 0 Å². The number of fused-ring (bicyclic) bond motifs is 2. The zero-order valence-electron chi connectivity index (χ0n) is 29.5. The van der Waals surface area contributed by atoms with Gasteiger partial charge < -0.3 is 20.1 Å². The van der Waals surface area contributed by atoms with Gasteiger partial charge in [-0.2, -0.15) is 0 Å². The van der Waals surface area contributed by atoms with Gasteiger partial charge in [0.05, 0.1) is 5.88 Å². The number of phenolic OH excluding ortho intramolecular Hbond substituents is 2. The van der Waals surface area contributed by atoms with Gasteiger partial charge in [0.25, 0.3) is 0 Å². The summed E-state index contributed by atoms with van der Waals surface area (Å²) in [6.07, 6.45) is 0.630. The van der Waals surface area contributed by atoms with E-state index in [9.17, 15) is 19.8 Å². The summed E-state index contributed by atoms with van der Waals surface area (Å²) in [6, 6.07) is 22.4. The number of aromatic hydroxyl groups is 2. The van der Waals surface area contributed by atoms with Crippen LogP contribution >= 0.6 is 11.6 Å². The molecule has 0 amide bonds. The molecule has 0 aliphatic carbocycles. The predicted octanol–water partition coefficient (Wildman–Crippen LogP) is 7.81. The third-order valence-corrected chi connectivity index (χ3v) is 7.61. The lowest BCUT2D eigenvalue weighted by molar-refractivity contribution is -0.145. The standard InChI is InChI=1S/C19H21N3O3.C14H12ClN3O.C5H10O2/c1-12(2)8-18(23)25-11-14-9-13(3)10-17(19(14)24)22-20-15-6-4-5-7-16(15)21-22;1-9-6-10(8-15)14(19)13(7-9)18-16-11-4-2-3-5-12(11)17-18;1-4(2)3-5(6)7/h4-7,9-10,12,24H,8,11H2,1-3H3;2-7,19H,8H2,1H3;4H,3H2,1-2H3,(H,6,7). The molecule has 2 aromatic heterocycles. The highest BCUT2D eigenvalue weighted by Gasteiger charge is 2.16. The van der Waals surface area contributed by atoms with Gasteiger partial charge in [-0.1, -0.05) is 58.0 Å². The number of carboxylic acid groups (broad SMARTS) is 1. The molecule has 0 radical (unpaired) electrons. The zero-order chi connectivity index (χ0) is 37.2. The van der Waals surface area contributed by atoms with E-state index in [2.05, 4.69) is 20.4 Å². The minimum atomic E-state index is -0.713. The van der Waals surface area contributed by atoms with E-state index in [-0.39, 0.29) is 48.2 Å². The minimum absolute atomic E-state index is 0.0169. The fraction of sp³-hybridized carbons (Fsp3) is 0.316. The number of aryl methyl sites for hydroxylation is 2. The van der Waals surface area contributed by atoms with Crippen LogP contribution in [-0.4, -0.2) is 57.2 Å². The summed E-state index contributed by atoms with van der Waals surface area (Å²) in [6.45, 7) is 11.6. The Morgan fingerprint density at radius 1 is 0.686 bits per heavy atom. The van der Waals surface area contributed by atoms with Crippen molar-refractivity contribution in [1.29, 1.82) is 0 Å². The Kier molecular flexibility index (Phi) is 13.1. The zero-order valence-corrected chi connectivity index (χ0v) is 30.3. The summed E-state index contributed by atoms with van der Waals surface area (Å²) in [5.41, 5.74) is 7.21. The summed E-state index contributed by atoms with van der Waals surface area (Å²) in [5.74, 6) is -0.0895. The van der Waals surface area contributed by atoms with Crippen molar-refractivity contribution in [3.63, 3.8) is 0 Å². The number of aliphatic carboxylic acids is 1. The molecule has 0 saturated carbocycles. The quantitative estimate of drug-likeness (QED) is 0.0993. The highest BCUT2D eigenvalue weighted by Crippen LogP contribution is 2.30. The third-order valence-electron chi connectivity index (χ3n) is 7.32. The Labute approximate surface area is 301 Å². The number of phenols is 2. The van der Waals surface area contributed by atoms with Crippen LogP contribution in [0.4, 0.5) is 0 Å². The van der Waals surface area contributed by atoms with Crippen LogP contribution in [0.15, 0.2) is 72.8 Å². The van der Waals surface area contributed by atoms with Gasteiger partial charge in [-0.15, -0.1) is 41.6 Å². The molecule has 12 nitrogen and oxygen atoms in total. The van der Waals surface area contributed by atoms with Crippen LogP contribution in [-0.2, 0) is 26.8 Å². The maximum absolute atomic E-state index is 11.8. The number of carbonyl (C=O) groups excluding carboxylic acids is 1. The maximum Gasteiger partial charge on any atom is 0.306 e. The molecule has 4 aromatic carbocycles.